The number of amides is 1. The van der Waals surface area contributed by atoms with Crippen LogP contribution in [-0.4, -0.2) is 23.1 Å². The molecule has 0 aromatic heterocycles. The maximum absolute atomic E-state index is 11.1. The van der Waals surface area contributed by atoms with Gasteiger partial charge in [-0.25, -0.2) is 4.79 Å². The van der Waals surface area contributed by atoms with E-state index in [9.17, 15) is 4.79 Å². The molecule has 0 bridgehead atoms. The summed E-state index contributed by atoms with van der Waals surface area (Å²) in [6, 6.07) is 0.150. The molecule has 0 radical (unpaired) electrons. The van der Waals surface area contributed by atoms with E-state index in [0.29, 0.717) is 0 Å². The van der Waals surface area contributed by atoms with Gasteiger partial charge in [0, 0.05) is 12.1 Å². The Bertz CT molecular complexity index is 188. The van der Waals surface area contributed by atoms with E-state index >= 15 is 0 Å². The molecule has 0 saturated heterocycles. The largest absolute Gasteiger partial charge is 1.00 e. The fraction of sp³-hybridized carbons (Fsp3) is 0.667. The first kappa shape index (κ1) is 14.9. The monoisotopic (exact) mass is 175 g/mol. The number of hydrogen-bond acceptors (Lipinski definition) is 2. The number of carbonyl (C=O) groups excluding carboxylic acids is 1. The van der Waals surface area contributed by atoms with Gasteiger partial charge in [-0.1, -0.05) is 0 Å². The van der Waals surface area contributed by atoms with Gasteiger partial charge in [-0.3, -0.25) is 0 Å². The minimum Gasteiger partial charge on any atom is -0.647 e. The second-order valence-electron chi connectivity index (χ2n) is 3.06. The predicted octanol–water partition coefficient (Wildman–Crippen LogP) is -1.21. The minimum absolute atomic E-state index is 0. The van der Waals surface area contributed by atoms with Gasteiger partial charge in [-0.15, -0.1) is 6.11 Å². The van der Waals surface area contributed by atoms with Crippen LogP contribution in [0, 0.1) is 12.5 Å². The van der Waals surface area contributed by atoms with Crippen LogP contribution in [-0.2, 0) is 4.74 Å². The van der Waals surface area contributed by atoms with Crippen molar-refractivity contribution in [3.8, 4) is 6.11 Å². The van der Waals surface area contributed by atoms with E-state index in [0.717, 1.165) is 0 Å². The molecule has 0 spiro atoms. The van der Waals surface area contributed by atoms with Crippen molar-refractivity contribution in [3.05, 3.63) is 6.42 Å². The van der Waals surface area contributed by atoms with Crippen molar-refractivity contribution in [1.82, 2.24) is 4.90 Å². The van der Waals surface area contributed by atoms with E-state index in [1.807, 2.05) is 27.7 Å². The van der Waals surface area contributed by atoms with Crippen molar-refractivity contribution >= 4 is 6.09 Å². The Morgan fingerprint density at radius 1 is 1.31 bits per heavy atom. The molecule has 13 heavy (non-hydrogen) atoms. The van der Waals surface area contributed by atoms with Gasteiger partial charge in [0.25, 0.3) is 0 Å². The van der Waals surface area contributed by atoms with Gasteiger partial charge in [0.2, 0.25) is 0 Å². The van der Waals surface area contributed by atoms with Crippen molar-refractivity contribution in [2.24, 2.45) is 0 Å². The third-order valence-corrected chi connectivity index (χ3v) is 1.46. The summed E-state index contributed by atoms with van der Waals surface area (Å²) in [7, 11) is 0. The summed E-state index contributed by atoms with van der Waals surface area (Å²) >= 11 is 0. The summed E-state index contributed by atoms with van der Waals surface area (Å²) in [5, 5.41) is 0. The van der Waals surface area contributed by atoms with Gasteiger partial charge >= 0.3 is 25.0 Å². The quantitative estimate of drug-likeness (QED) is 0.299. The normalized spacial score (nSPS) is 9.00. The zero-order valence-corrected chi connectivity index (χ0v) is 8.92. The molecule has 0 aliphatic carbocycles. The van der Waals surface area contributed by atoms with Crippen molar-refractivity contribution in [2.45, 2.75) is 39.8 Å². The van der Waals surface area contributed by atoms with Gasteiger partial charge in [0.05, 0.1) is 0 Å². The predicted molar refractivity (Wildman–Crippen MR) is 45.7 cm³/mol. The Hall–Kier alpha value is -0.573. The van der Waals surface area contributed by atoms with Crippen LogP contribution in [0.25, 0.3) is 0 Å². The Morgan fingerprint density at radius 3 is 1.92 bits per heavy atom. The number of ether oxygens (including phenoxy) is 1. The fourth-order valence-electron chi connectivity index (χ4n) is 1.11. The molecule has 68 valence electrons. The third kappa shape index (κ3) is 4.88. The number of hydrogen-bond donors (Lipinski definition) is 0. The van der Waals surface area contributed by atoms with Crippen LogP contribution in [0.4, 0.5) is 4.79 Å². The van der Waals surface area contributed by atoms with Crippen LogP contribution >= 0.6 is 0 Å². The molecule has 0 aliphatic heterocycles. The van der Waals surface area contributed by atoms with Crippen LogP contribution in [0.3, 0.4) is 0 Å². The van der Waals surface area contributed by atoms with E-state index in [1.54, 1.807) is 11.0 Å². The molecule has 0 fully saturated rings. The van der Waals surface area contributed by atoms with Crippen LogP contribution in [0.2, 0.25) is 0 Å². The molecule has 0 unspecified atom stereocenters. The molecule has 0 rings (SSSR count). The summed E-state index contributed by atoms with van der Waals surface area (Å²) in [6.45, 7) is 7.58. The Morgan fingerprint density at radius 2 is 1.69 bits per heavy atom. The second-order valence-corrected chi connectivity index (χ2v) is 3.06. The molecule has 0 saturated carbocycles. The number of carbonyl (C=O) groups is 1. The molecule has 1 amide bonds. The average molecular weight is 175 g/mol. The molecule has 0 aliphatic rings. The van der Waals surface area contributed by atoms with Crippen molar-refractivity contribution in [3.63, 3.8) is 0 Å². The van der Waals surface area contributed by atoms with Crippen LogP contribution in [0.5, 0.6) is 0 Å². The number of rotatable bonds is 2. The van der Waals surface area contributed by atoms with Gasteiger partial charge in [-0.05, 0) is 27.7 Å². The zero-order valence-electron chi connectivity index (χ0n) is 8.92. The Balaban J connectivity index is 0. The first-order chi connectivity index (χ1) is 5.50. The second kappa shape index (κ2) is 6.89. The smallest absolute Gasteiger partial charge is 0.647 e. The van der Waals surface area contributed by atoms with E-state index in [2.05, 4.69) is 4.74 Å². The summed E-state index contributed by atoms with van der Waals surface area (Å²) in [5.74, 6) is 0. The van der Waals surface area contributed by atoms with E-state index in [4.69, 9.17) is 6.42 Å². The third-order valence-electron chi connectivity index (χ3n) is 1.46. The molecule has 0 N–H and O–H groups in total. The molecule has 4 heteroatoms. The van der Waals surface area contributed by atoms with Gasteiger partial charge < -0.3 is 16.1 Å². The number of nitrogens with zero attached hydrogens (tertiary/aromatic N) is 1. The van der Waals surface area contributed by atoms with Crippen molar-refractivity contribution in [2.75, 3.05) is 0 Å². The summed E-state index contributed by atoms with van der Waals surface area (Å²) in [5.41, 5.74) is 0. The van der Waals surface area contributed by atoms with Crippen molar-refractivity contribution in [1.29, 1.82) is 0 Å². The van der Waals surface area contributed by atoms with Crippen LogP contribution in [0.1, 0.15) is 27.7 Å². The van der Waals surface area contributed by atoms with Gasteiger partial charge in [0.1, 0.15) is 0 Å². The molecule has 0 heterocycles. The van der Waals surface area contributed by atoms with E-state index in [-0.39, 0.29) is 30.9 Å². The maximum Gasteiger partial charge on any atom is 1.00 e. The molecular weight excluding hydrogens is 161 g/mol. The first-order valence-electron chi connectivity index (χ1n) is 3.91. The zero-order chi connectivity index (χ0) is 9.72. The molecule has 0 aromatic rings. The molecule has 3 nitrogen and oxygen atoms in total. The molecule has 0 atom stereocenters. The summed E-state index contributed by atoms with van der Waals surface area (Å²) in [6.07, 6.45) is 7.59. The maximum atomic E-state index is 11.1. The van der Waals surface area contributed by atoms with E-state index < -0.39 is 6.09 Å². The molecule has 0 aromatic carbocycles. The Labute approximate surface area is 92.0 Å². The van der Waals surface area contributed by atoms with E-state index in [1.165, 1.54) is 0 Å². The van der Waals surface area contributed by atoms with Crippen molar-refractivity contribution < 1.29 is 28.4 Å². The summed E-state index contributed by atoms with van der Waals surface area (Å²) < 4.78 is 4.33. The average Bonchev–Trinajstić information content (AvgIpc) is 1.85. The summed E-state index contributed by atoms with van der Waals surface area (Å²) in [4.78, 5) is 12.7. The topological polar surface area (TPSA) is 29.5 Å². The molecular formula is C9H14LiNO2. The minimum atomic E-state index is -0.519. The van der Waals surface area contributed by atoms with Gasteiger partial charge in [0.15, 0.2) is 0 Å². The van der Waals surface area contributed by atoms with Gasteiger partial charge in [-0.2, -0.15) is 0 Å². The first-order valence-corrected chi connectivity index (χ1v) is 3.91. The van der Waals surface area contributed by atoms with Crippen LogP contribution in [0.15, 0.2) is 0 Å². The fourth-order valence-corrected chi connectivity index (χ4v) is 1.11. The Kier molecular flexibility index (Phi) is 7.91. The van der Waals surface area contributed by atoms with Crippen LogP contribution < -0.4 is 18.9 Å². The SMILES string of the molecule is [C-]#COC(=O)N(C(C)C)C(C)C.[Li+]. The standard InChI is InChI=1S/C9H14NO2.Li/c1-6-12-9(11)10(7(2)3)8(4)5;/h7-8H,2-5H3;/q-1;+1.